The molecule has 0 radical (unpaired) electrons. The van der Waals surface area contributed by atoms with Crippen LogP contribution in [0.25, 0.3) is 10.9 Å². The van der Waals surface area contributed by atoms with Gasteiger partial charge < -0.3 is 5.11 Å². The molecule has 0 spiro atoms. The standard InChI is InChI=1S/C17H17NOS/c1-2-13-8-9-14(20-13)11-16(19)15-7-3-5-12-6-4-10-18-17(12)15/h3-10,16,19H,2,11H2,1H3. The van der Waals surface area contributed by atoms with E-state index < -0.39 is 6.10 Å². The quantitative estimate of drug-likeness (QED) is 0.781. The van der Waals surface area contributed by atoms with Gasteiger partial charge in [0.2, 0.25) is 0 Å². The first kappa shape index (κ1) is 13.3. The van der Waals surface area contributed by atoms with Crippen LogP contribution in [0.2, 0.25) is 0 Å². The van der Waals surface area contributed by atoms with E-state index in [1.165, 1.54) is 9.75 Å². The Balaban J connectivity index is 1.90. The van der Waals surface area contributed by atoms with Gasteiger partial charge in [0.05, 0.1) is 11.6 Å². The molecule has 3 aromatic rings. The van der Waals surface area contributed by atoms with Gasteiger partial charge in [-0.2, -0.15) is 0 Å². The van der Waals surface area contributed by atoms with Crippen LogP contribution in [0.5, 0.6) is 0 Å². The van der Waals surface area contributed by atoms with E-state index in [4.69, 9.17) is 0 Å². The van der Waals surface area contributed by atoms with Gasteiger partial charge in [-0.15, -0.1) is 11.3 Å². The summed E-state index contributed by atoms with van der Waals surface area (Å²) in [6.45, 7) is 2.15. The van der Waals surface area contributed by atoms with Crippen LogP contribution in [-0.4, -0.2) is 10.1 Å². The second kappa shape index (κ2) is 5.73. The molecule has 2 aromatic heterocycles. The number of pyridine rings is 1. The summed E-state index contributed by atoms with van der Waals surface area (Å²) in [7, 11) is 0. The van der Waals surface area contributed by atoms with Gasteiger partial charge in [0.1, 0.15) is 0 Å². The summed E-state index contributed by atoms with van der Waals surface area (Å²) in [5.74, 6) is 0. The van der Waals surface area contributed by atoms with Crippen molar-refractivity contribution in [2.75, 3.05) is 0 Å². The first-order valence-electron chi connectivity index (χ1n) is 6.87. The molecule has 0 aliphatic rings. The van der Waals surface area contributed by atoms with Crippen molar-refractivity contribution in [2.45, 2.75) is 25.9 Å². The highest BCUT2D eigenvalue weighted by molar-refractivity contribution is 7.11. The molecule has 2 nitrogen and oxygen atoms in total. The van der Waals surface area contributed by atoms with Gasteiger partial charge >= 0.3 is 0 Å². The number of rotatable bonds is 4. The lowest BCUT2D eigenvalue weighted by molar-refractivity contribution is 0.181. The Morgan fingerprint density at radius 3 is 2.70 bits per heavy atom. The third kappa shape index (κ3) is 2.60. The molecule has 0 amide bonds. The van der Waals surface area contributed by atoms with Gasteiger partial charge in [0, 0.05) is 33.3 Å². The van der Waals surface area contributed by atoms with Gasteiger partial charge in [-0.1, -0.05) is 31.2 Å². The summed E-state index contributed by atoms with van der Waals surface area (Å²) in [6, 6.07) is 14.2. The lowest BCUT2D eigenvalue weighted by atomic mass is 10.0. The van der Waals surface area contributed by atoms with Crippen LogP contribution in [0.15, 0.2) is 48.7 Å². The topological polar surface area (TPSA) is 33.1 Å². The molecular weight excluding hydrogens is 266 g/mol. The van der Waals surface area contributed by atoms with E-state index in [1.807, 2.05) is 30.3 Å². The lowest BCUT2D eigenvalue weighted by Crippen LogP contribution is -2.02. The van der Waals surface area contributed by atoms with E-state index in [0.29, 0.717) is 6.42 Å². The number of hydrogen-bond acceptors (Lipinski definition) is 3. The van der Waals surface area contributed by atoms with E-state index in [0.717, 1.165) is 22.9 Å². The largest absolute Gasteiger partial charge is 0.388 e. The third-order valence-electron chi connectivity index (χ3n) is 3.48. The Bertz CT molecular complexity index is 714. The lowest BCUT2D eigenvalue weighted by Gasteiger charge is -2.12. The summed E-state index contributed by atoms with van der Waals surface area (Å²) in [5.41, 5.74) is 1.81. The Morgan fingerprint density at radius 1 is 1.10 bits per heavy atom. The fourth-order valence-electron chi connectivity index (χ4n) is 2.42. The molecule has 0 bridgehead atoms. The van der Waals surface area contributed by atoms with Crippen molar-refractivity contribution >= 4 is 22.2 Å². The van der Waals surface area contributed by atoms with Crippen LogP contribution in [-0.2, 0) is 12.8 Å². The van der Waals surface area contributed by atoms with E-state index in [-0.39, 0.29) is 0 Å². The van der Waals surface area contributed by atoms with E-state index in [9.17, 15) is 5.11 Å². The van der Waals surface area contributed by atoms with Crippen LogP contribution in [0, 0.1) is 0 Å². The monoisotopic (exact) mass is 283 g/mol. The zero-order chi connectivity index (χ0) is 13.9. The van der Waals surface area contributed by atoms with Crippen molar-refractivity contribution in [3.8, 4) is 0 Å². The van der Waals surface area contributed by atoms with Crippen LogP contribution < -0.4 is 0 Å². The van der Waals surface area contributed by atoms with Crippen LogP contribution >= 0.6 is 11.3 Å². The van der Waals surface area contributed by atoms with Gasteiger partial charge in [0.25, 0.3) is 0 Å². The molecule has 1 N–H and O–H groups in total. The van der Waals surface area contributed by atoms with Crippen LogP contribution in [0.4, 0.5) is 0 Å². The molecule has 2 heterocycles. The minimum absolute atomic E-state index is 0.503. The van der Waals surface area contributed by atoms with Crippen molar-refractivity contribution in [2.24, 2.45) is 0 Å². The number of aliphatic hydroxyl groups excluding tert-OH is 1. The van der Waals surface area contributed by atoms with Crippen molar-refractivity contribution < 1.29 is 5.11 Å². The molecule has 1 aromatic carbocycles. The van der Waals surface area contributed by atoms with Gasteiger partial charge in [-0.25, -0.2) is 0 Å². The Kier molecular flexibility index (Phi) is 3.81. The second-order valence-electron chi connectivity index (χ2n) is 4.86. The number of hydrogen-bond donors (Lipinski definition) is 1. The minimum atomic E-state index is -0.503. The first-order valence-corrected chi connectivity index (χ1v) is 7.69. The average molecular weight is 283 g/mol. The molecule has 3 rings (SSSR count). The fourth-order valence-corrected chi connectivity index (χ4v) is 3.41. The zero-order valence-corrected chi connectivity index (χ0v) is 12.2. The molecule has 3 heteroatoms. The zero-order valence-electron chi connectivity index (χ0n) is 11.4. The van der Waals surface area contributed by atoms with E-state index in [2.05, 4.69) is 24.0 Å². The number of benzene rings is 1. The molecule has 1 atom stereocenters. The Labute approximate surface area is 122 Å². The number of aromatic nitrogens is 1. The molecular formula is C17H17NOS. The number of aliphatic hydroxyl groups is 1. The molecule has 102 valence electrons. The number of aryl methyl sites for hydroxylation is 1. The highest BCUT2D eigenvalue weighted by Crippen LogP contribution is 2.27. The van der Waals surface area contributed by atoms with E-state index >= 15 is 0 Å². The highest BCUT2D eigenvalue weighted by Gasteiger charge is 2.13. The molecule has 0 aliphatic heterocycles. The minimum Gasteiger partial charge on any atom is -0.388 e. The van der Waals surface area contributed by atoms with Crippen molar-refractivity contribution in [1.29, 1.82) is 0 Å². The fraction of sp³-hybridized carbons (Fsp3) is 0.235. The summed E-state index contributed by atoms with van der Waals surface area (Å²) in [5, 5.41) is 11.6. The maximum Gasteiger partial charge on any atom is 0.0859 e. The molecule has 0 saturated carbocycles. The SMILES string of the molecule is CCc1ccc(CC(O)c2cccc3cccnc23)s1. The summed E-state index contributed by atoms with van der Waals surface area (Å²) in [4.78, 5) is 7.00. The van der Waals surface area contributed by atoms with Gasteiger partial charge in [-0.05, 0) is 24.6 Å². The molecule has 1 unspecified atom stereocenters. The van der Waals surface area contributed by atoms with Crippen LogP contribution in [0.3, 0.4) is 0 Å². The maximum atomic E-state index is 10.5. The molecule has 0 saturated heterocycles. The van der Waals surface area contributed by atoms with Gasteiger partial charge in [-0.3, -0.25) is 4.98 Å². The second-order valence-corrected chi connectivity index (χ2v) is 6.12. The van der Waals surface area contributed by atoms with Crippen molar-refractivity contribution in [3.63, 3.8) is 0 Å². The van der Waals surface area contributed by atoms with Crippen molar-refractivity contribution in [3.05, 3.63) is 64.0 Å². The molecule has 20 heavy (non-hydrogen) atoms. The number of para-hydroxylation sites is 1. The van der Waals surface area contributed by atoms with E-state index in [1.54, 1.807) is 17.5 Å². The predicted molar refractivity (Wildman–Crippen MR) is 84.1 cm³/mol. The number of nitrogens with zero attached hydrogens (tertiary/aromatic N) is 1. The number of fused-ring (bicyclic) bond motifs is 1. The molecule has 0 aliphatic carbocycles. The number of thiophene rings is 1. The summed E-state index contributed by atoms with van der Waals surface area (Å²) in [6.07, 6.45) is 2.98. The third-order valence-corrected chi connectivity index (χ3v) is 4.74. The maximum absolute atomic E-state index is 10.5. The summed E-state index contributed by atoms with van der Waals surface area (Å²) < 4.78 is 0. The average Bonchev–Trinajstić information content (AvgIpc) is 2.94. The Hall–Kier alpha value is -1.71. The highest BCUT2D eigenvalue weighted by atomic mass is 32.1. The normalized spacial score (nSPS) is 12.7. The Morgan fingerprint density at radius 2 is 1.90 bits per heavy atom. The smallest absolute Gasteiger partial charge is 0.0859 e. The molecule has 0 fully saturated rings. The summed E-state index contributed by atoms with van der Waals surface area (Å²) >= 11 is 1.78. The first-order chi connectivity index (χ1) is 9.78. The van der Waals surface area contributed by atoms with Crippen LogP contribution in [0.1, 0.15) is 28.3 Å². The predicted octanol–water partition coefficient (Wildman–Crippen LogP) is 4.13. The van der Waals surface area contributed by atoms with Crippen molar-refractivity contribution in [1.82, 2.24) is 4.98 Å². The van der Waals surface area contributed by atoms with Gasteiger partial charge in [0.15, 0.2) is 0 Å².